The number of oxazole rings is 1. The topological polar surface area (TPSA) is 65.7 Å². The Morgan fingerprint density at radius 1 is 1.22 bits per heavy atom. The number of aromatic nitrogens is 1. The van der Waals surface area contributed by atoms with Crippen LogP contribution in [0.4, 0.5) is 0 Å². The SMILES string of the molecule is C=CCN(CC=C)C(CNC(=NCc1nc(C)c(C)o1)NCC)C(C)C.I. The molecule has 0 spiro atoms. The summed E-state index contributed by atoms with van der Waals surface area (Å²) in [4.78, 5) is 11.3. The third-order valence-corrected chi connectivity index (χ3v) is 4.23. The lowest BCUT2D eigenvalue weighted by Crippen LogP contribution is -2.49. The van der Waals surface area contributed by atoms with E-state index in [1.54, 1.807) is 0 Å². The van der Waals surface area contributed by atoms with Crippen molar-refractivity contribution >= 4 is 29.9 Å². The van der Waals surface area contributed by atoms with Crippen molar-refractivity contribution in [2.45, 2.75) is 47.2 Å². The van der Waals surface area contributed by atoms with Gasteiger partial charge in [-0.2, -0.15) is 0 Å². The average molecular weight is 489 g/mol. The zero-order valence-electron chi connectivity index (χ0n) is 17.4. The Labute approximate surface area is 181 Å². The standard InChI is InChI=1S/C20H35N5O.HI/c1-8-11-25(12-9-2)18(15(4)5)13-22-20(21-10-3)23-14-19-24-16(6)17(7)26-19;/h8-9,15,18H,1-2,10-14H2,3-7H3,(H2,21,22,23);1H. The number of nitrogens with one attached hydrogen (secondary N) is 2. The first-order valence-electron chi connectivity index (χ1n) is 9.33. The number of aliphatic imine (C=N–C) groups is 1. The lowest BCUT2D eigenvalue weighted by molar-refractivity contribution is 0.190. The second-order valence-electron chi connectivity index (χ2n) is 6.67. The first-order chi connectivity index (χ1) is 12.4. The number of halogens is 1. The highest BCUT2D eigenvalue weighted by Crippen LogP contribution is 2.11. The summed E-state index contributed by atoms with van der Waals surface area (Å²) < 4.78 is 5.60. The maximum atomic E-state index is 5.60. The number of hydrogen-bond donors (Lipinski definition) is 2. The molecule has 0 aliphatic carbocycles. The van der Waals surface area contributed by atoms with Gasteiger partial charge in [0, 0.05) is 32.2 Å². The van der Waals surface area contributed by atoms with Gasteiger partial charge in [0.25, 0.3) is 0 Å². The van der Waals surface area contributed by atoms with E-state index in [-0.39, 0.29) is 24.0 Å². The summed E-state index contributed by atoms with van der Waals surface area (Å²) in [6, 6.07) is 0.348. The van der Waals surface area contributed by atoms with Crippen molar-refractivity contribution in [3.63, 3.8) is 0 Å². The predicted octanol–water partition coefficient (Wildman–Crippen LogP) is 3.66. The van der Waals surface area contributed by atoms with E-state index < -0.39 is 0 Å². The van der Waals surface area contributed by atoms with Gasteiger partial charge < -0.3 is 15.1 Å². The first kappa shape index (κ1) is 25.6. The molecule has 0 saturated carbocycles. The van der Waals surface area contributed by atoms with Gasteiger partial charge in [-0.1, -0.05) is 26.0 Å². The molecule has 2 N–H and O–H groups in total. The number of hydrogen-bond acceptors (Lipinski definition) is 4. The fourth-order valence-electron chi connectivity index (χ4n) is 2.76. The van der Waals surface area contributed by atoms with E-state index in [1.807, 2.05) is 26.0 Å². The molecular weight excluding hydrogens is 453 g/mol. The summed E-state index contributed by atoms with van der Waals surface area (Å²) >= 11 is 0. The van der Waals surface area contributed by atoms with Crippen LogP contribution in [0.5, 0.6) is 0 Å². The maximum absolute atomic E-state index is 5.60. The van der Waals surface area contributed by atoms with E-state index in [0.29, 0.717) is 24.4 Å². The van der Waals surface area contributed by atoms with Gasteiger partial charge in [-0.3, -0.25) is 4.90 Å². The molecule has 1 heterocycles. The van der Waals surface area contributed by atoms with Crippen LogP contribution in [-0.2, 0) is 6.54 Å². The minimum absolute atomic E-state index is 0. The van der Waals surface area contributed by atoms with Gasteiger partial charge >= 0.3 is 0 Å². The number of aryl methyl sites for hydroxylation is 2. The van der Waals surface area contributed by atoms with E-state index in [9.17, 15) is 0 Å². The molecule has 1 rings (SSSR count). The second-order valence-corrected chi connectivity index (χ2v) is 6.67. The van der Waals surface area contributed by atoms with Crippen molar-refractivity contribution in [1.82, 2.24) is 20.5 Å². The van der Waals surface area contributed by atoms with Crippen molar-refractivity contribution < 1.29 is 4.42 Å². The molecular formula is C20H36IN5O. The van der Waals surface area contributed by atoms with Gasteiger partial charge in [0.05, 0.1) is 5.69 Å². The van der Waals surface area contributed by atoms with Crippen LogP contribution in [0.1, 0.15) is 38.1 Å². The molecule has 6 nitrogen and oxygen atoms in total. The molecule has 1 unspecified atom stereocenters. The van der Waals surface area contributed by atoms with Gasteiger partial charge in [-0.25, -0.2) is 9.98 Å². The Kier molecular flexibility index (Phi) is 13.1. The van der Waals surface area contributed by atoms with Gasteiger partial charge in [-0.15, -0.1) is 37.1 Å². The molecule has 27 heavy (non-hydrogen) atoms. The Hall–Kier alpha value is -1.35. The number of nitrogens with zero attached hydrogens (tertiary/aromatic N) is 3. The van der Waals surface area contributed by atoms with Crippen molar-refractivity contribution in [2.24, 2.45) is 10.9 Å². The monoisotopic (exact) mass is 489 g/mol. The molecule has 0 radical (unpaired) electrons. The molecule has 0 aliphatic rings. The first-order valence-corrected chi connectivity index (χ1v) is 9.33. The molecule has 1 aromatic rings. The smallest absolute Gasteiger partial charge is 0.216 e. The highest BCUT2D eigenvalue weighted by Gasteiger charge is 2.20. The van der Waals surface area contributed by atoms with Gasteiger partial charge in [0.1, 0.15) is 12.3 Å². The fraction of sp³-hybridized carbons (Fsp3) is 0.600. The fourth-order valence-corrected chi connectivity index (χ4v) is 2.76. The van der Waals surface area contributed by atoms with Crippen LogP contribution in [0.25, 0.3) is 0 Å². The summed E-state index contributed by atoms with van der Waals surface area (Å²) in [7, 11) is 0. The van der Waals surface area contributed by atoms with E-state index in [2.05, 4.69) is 59.4 Å². The quantitative estimate of drug-likeness (QED) is 0.215. The third kappa shape index (κ3) is 8.92. The Balaban J connectivity index is 0.00000676. The van der Waals surface area contributed by atoms with Crippen LogP contribution in [0.3, 0.4) is 0 Å². The van der Waals surface area contributed by atoms with Crippen molar-refractivity contribution in [3.05, 3.63) is 42.7 Å². The van der Waals surface area contributed by atoms with Crippen LogP contribution in [0.2, 0.25) is 0 Å². The number of guanidine groups is 1. The number of rotatable bonds is 11. The highest BCUT2D eigenvalue weighted by molar-refractivity contribution is 14.0. The molecule has 154 valence electrons. The summed E-state index contributed by atoms with van der Waals surface area (Å²) in [5.74, 6) is 2.74. The maximum Gasteiger partial charge on any atom is 0.216 e. The van der Waals surface area contributed by atoms with Gasteiger partial charge in [0.15, 0.2) is 5.96 Å². The normalized spacial score (nSPS) is 12.6. The van der Waals surface area contributed by atoms with Crippen LogP contribution >= 0.6 is 24.0 Å². The van der Waals surface area contributed by atoms with Gasteiger partial charge in [0.2, 0.25) is 5.89 Å². The lowest BCUT2D eigenvalue weighted by Gasteiger charge is -2.33. The van der Waals surface area contributed by atoms with Gasteiger partial charge in [-0.05, 0) is 26.7 Å². The van der Waals surface area contributed by atoms with Crippen molar-refractivity contribution in [1.29, 1.82) is 0 Å². The lowest BCUT2D eigenvalue weighted by atomic mass is 10.0. The molecule has 0 aromatic carbocycles. The molecule has 0 amide bonds. The van der Waals surface area contributed by atoms with Crippen LogP contribution < -0.4 is 10.6 Å². The summed E-state index contributed by atoms with van der Waals surface area (Å²) in [5.41, 5.74) is 0.914. The Morgan fingerprint density at radius 3 is 2.30 bits per heavy atom. The molecule has 0 bridgehead atoms. The minimum atomic E-state index is 0. The Bertz CT molecular complexity index is 568. The highest BCUT2D eigenvalue weighted by atomic mass is 127. The minimum Gasteiger partial charge on any atom is -0.444 e. The summed E-state index contributed by atoms with van der Waals surface area (Å²) in [6.45, 7) is 21.8. The molecule has 0 fully saturated rings. The van der Waals surface area contributed by atoms with Crippen LogP contribution in [0.15, 0.2) is 34.7 Å². The zero-order chi connectivity index (χ0) is 19.5. The van der Waals surface area contributed by atoms with E-state index in [4.69, 9.17) is 4.42 Å². The molecule has 7 heteroatoms. The average Bonchev–Trinajstić information content (AvgIpc) is 2.91. The summed E-state index contributed by atoms with van der Waals surface area (Å²) in [6.07, 6.45) is 3.87. The zero-order valence-corrected chi connectivity index (χ0v) is 19.7. The van der Waals surface area contributed by atoms with E-state index in [0.717, 1.165) is 43.6 Å². The van der Waals surface area contributed by atoms with Crippen molar-refractivity contribution in [2.75, 3.05) is 26.2 Å². The third-order valence-electron chi connectivity index (χ3n) is 4.23. The van der Waals surface area contributed by atoms with Crippen LogP contribution in [-0.4, -0.2) is 48.1 Å². The molecule has 1 atom stereocenters. The molecule has 1 aromatic heterocycles. The molecule has 0 aliphatic heterocycles. The largest absolute Gasteiger partial charge is 0.444 e. The predicted molar refractivity (Wildman–Crippen MR) is 125 cm³/mol. The van der Waals surface area contributed by atoms with E-state index in [1.165, 1.54) is 0 Å². The van der Waals surface area contributed by atoms with Crippen LogP contribution in [0, 0.1) is 19.8 Å². The Morgan fingerprint density at radius 2 is 1.85 bits per heavy atom. The molecule has 0 saturated heterocycles. The second kappa shape index (κ2) is 13.8. The van der Waals surface area contributed by atoms with Crippen molar-refractivity contribution in [3.8, 4) is 0 Å². The van der Waals surface area contributed by atoms with E-state index >= 15 is 0 Å². The summed E-state index contributed by atoms with van der Waals surface area (Å²) in [5, 5.41) is 6.73.